The van der Waals surface area contributed by atoms with E-state index in [0.29, 0.717) is 0 Å². The van der Waals surface area contributed by atoms with Crippen LogP contribution in [0.15, 0.2) is 243 Å². The molecule has 11 aromatic rings. The third-order valence-corrected chi connectivity index (χ3v) is 11.8. The second kappa shape index (κ2) is 15.1. The molecule has 0 aliphatic carbocycles. The van der Waals surface area contributed by atoms with Gasteiger partial charge in [-0.05, 0) is 104 Å². The fraction of sp³-hybridized carbons (Fsp3) is 0. The number of anilines is 6. The molecule has 0 aliphatic rings. The standard InChI is InChI=1S/C58H40N2/c1-5-21-41(22-6-1)59(42-23-7-2-8-24-42)56-40-39-49(46-30-15-16-32-50(46)56)48-37-38-53(47-31-14-13-29-45(47)48)57-51-33-17-19-35-54(51)58(55-36-20-18-34-52(55)57)60(43-25-9-3-10-26-43)44-27-11-4-12-28-44/h1-40H. The first-order chi connectivity index (χ1) is 29.8. The summed E-state index contributed by atoms with van der Waals surface area (Å²) < 4.78 is 0. The minimum absolute atomic E-state index is 1.12. The largest absolute Gasteiger partial charge is 0.310 e. The average Bonchev–Trinajstić information content (AvgIpc) is 3.33. The van der Waals surface area contributed by atoms with Crippen molar-refractivity contribution in [3.05, 3.63) is 243 Å². The Labute approximate surface area is 350 Å². The SMILES string of the molecule is c1ccc(N(c2ccccc2)c2ccc(-c3ccc(-c4c5ccccc5c(N(c5ccccc5)c5ccccc5)c5ccccc45)c4ccccc34)c3ccccc23)cc1. The molecule has 0 amide bonds. The number of rotatable bonds is 8. The smallest absolute Gasteiger partial charge is 0.0618 e. The van der Waals surface area contributed by atoms with E-state index in [0.717, 1.165) is 28.4 Å². The van der Waals surface area contributed by atoms with Gasteiger partial charge in [0.15, 0.2) is 0 Å². The molecule has 0 unspecified atom stereocenters. The number of hydrogen-bond acceptors (Lipinski definition) is 2. The van der Waals surface area contributed by atoms with Crippen LogP contribution in [0.3, 0.4) is 0 Å². The summed E-state index contributed by atoms with van der Waals surface area (Å²) in [5.41, 5.74) is 11.7. The van der Waals surface area contributed by atoms with E-state index in [1.54, 1.807) is 0 Å². The lowest BCUT2D eigenvalue weighted by Gasteiger charge is -2.29. The lowest BCUT2D eigenvalue weighted by molar-refractivity contribution is 1.30. The Bertz CT molecular complexity index is 3170. The van der Waals surface area contributed by atoms with E-state index in [-0.39, 0.29) is 0 Å². The van der Waals surface area contributed by atoms with Crippen LogP contribution >= 0.6 is 0 Å². The lowest BCUT2D eigenvalue weighted by atomic mass is 9.85. The number of hydrogen-bond donors (Lipinski definition) is 0. The minimum Gasteiger partial charge on any atom is -0.310 e. The molecule has 11 aromatic carbocycles. The van der Waals surface area contributed by atoms with E-state index in [2.05, 4.69) is 252 Å². The van der Waals surface area contributed by atoms with E-state index in [9.17, 15) is 0 Å². The maximum Gasteiger partial charge on any atom is 0.0618 e. The molecule has 0 bridgehead atoms. The van der Waals surface area contributed by atoms with Crippen molar-refractivity contribution in [2.24, 2.45) is 0 Å². The van der Waals surface area contributed by atoms with Crippen LogP contribution in [-0.2, 0) is 0 Å². The molecular weight excluding hydrogens is 725 g/mol. The summed E-state index contributed by atoms with van der Waals surface area (Å²) in [7, 11) is 0. The van der Waals surface area contributed by atoms with Crippen LogP contribution in [0.4, 0.5) is 34.1 Å². The van der Waals surface area contributed by atoms with Crippen LogP contribution in [0.5, 0.6) is 0 Å². The molecule has 282 valence electrons. The van der Waals surface area contributed by atoms with Crippen molar-refractivity contribution in [2.75, 3.05) is 9.80 Å². The van der Waals surface area contributed by atoms with E-state index in [1.807, 2.05) is 0 Å². The van der Waals surface area contributed by atoms with Gasteiger partial charge in [-0.25, -0.2) is 0 Å². The predicted octanol–water partition coefficient (Wildman–Crippen LogP) is 16.6. The number of benzene rings is 11. The monoisotopic (exact) mass is 764 g/mol. The Balaban J connectivity index is 1.14. The zero-order valence-electron chi connectivity index (χ0n) is 33.0. The summed E-state index contributed by atoms with van der Waals surface area (Å²) in [6, 6.07) is 87.8. The van der Waals surface area contributed by atoms with E-state index < -0.39 is 0 Å². The van der Waals surface area contributed by atoms with Crippen LogP contribution in [-0.4, -0.2) is 0 Å². The first-order valence-corrected chi connectivity index (χ1v) is 20.6. The summed E-state index contributed by atoms with van der Waals surface area (Å²) in [5, 5.41) is 9.71. The zero-order chi connectivity index (χ0) is 39.8. The number of fused-ring (bicyclic) bond motifs is 4. The van der Waals surface area contributed by atoms with Gasteiger partial charge in [0.2, 0.25) is 0 Å². The Morgan fingerprint density at radius 1 is 0.200 bits per heavy atom. The molecule has 2 nitrogen and oxygen atoms in total. The highest BCUT2D eigenvalue weighted by atomic mass is 15.1. The molecule has 2 heteroatoms. The molecule has 0 saturated carbocycles. The van der Waals surface area contributed by atoms with Gasteiger partial charge in [0, 0.05) is 38.9 Å². The highest BCUT2D eigenvalue weighted by Crippen LogP contribution is 2.50. The van der Waals surface area contributed by atoms with Gasteiger partial charge in [-0.15, -0.1) is 0 Å². The highest BCUT2D eigenvalue weighted by molar-refractivity contribution is 6.25. The second-order valence-corrected chi connectivity index (χ2v) is 15.2. The van der Waals surface area contributed by atoms with Crippen LogP contribution in [0.25, 0.3) is 65.3 Å². The number of para-hydroxylation sites is 4. The summed E-state index contributed by atoms with van der Waals surface area (Å²) in [6.07, 6.45) is 0. The molecule has 0 aromatic heterocycles. The lowest BCUT2D eigenvalue weighted by Crippen LogP contribution is -2.11. The maximum absolute atomic E-state index is 2.42. The van der Waals surface area contributed by atoms with Gasteiger partial charge >= 0.3 is 0 Å². The van der Waals surface area contributed by atoms with Gasteiger partial charge in [0.05, 0.1) is 11.4 Å². The normalized spacial score (nSPS) is 11.3. The Kier molecular flexibility index (Phi) is 8.87. The van der Waals surface area contributed by atoms with E-state index in [1.165, 1.54) is 71.0 Å². The van der Waals surface area contributed by atoms with Crippen LogP contribution in [0.2, 0.25) is 0 Å². The van der Waals surface area contributed by atoms with Crippen LogP contribution in [0, 0.1) is 0 Å². The van der Waals surface area contributed by atoms with Crippen molar-refractivity contribution in [3.63, 3.8) is 0 Å². The fourth-order valence-electron chi connectivity index (χ4n) is 9.24. The Hall–Kier alpha value is -7.94. The highest BCUT2D eigenvalue weighted by Gasteiger charge is 2.24. The predicted molar refractivity (Wildman–Crippen MR) is 257 cm³/mol. The Morgan fingerprint density at radius 2 is 0.500 bits per heavy atom. The summed E-state index contributed by atoms with van der Waals surface area (Å²) in [5.74, 6) is 0. The minimum atomic E-state index is 1.12. The average molecular weight is 765 g/mol. The van der Waals surface area contributed by atoms with Crippen LogP contribution in [0.1, 0.15) is 0 Å². The van der Waals surface area contributed by atoms with Crippen molar-refractivity contribution in [1.29, 1.82) is 0 Å². The molecule has 0 atom stereocenters. The van der Waals surface area contributed by atoms with Crippen molar-refractivity contribution in [2.45, 2.75) is 0 Å². The van der Waals surface area contributed by atoms with Gasteiger partial charge in [-0.2, -0.15) is 0 Å². The van der Waals surface area contributed by atoms with Crippen LogP contribution < -0.4 is 9.80 Å². The molecule has 0 heterocycles. The molecule has 0 fully saturated rings. The van der Waals surface area contributed by atoms with Gasteiger partial charge in [-0.3, -0.25) is 0 Å². The molecular formula is C58H40N2. The maximum atomic E-state index is 2.42. The summed E-state index contributed by atoms with van der Waals surface area (Å²) in [4.78, 5) is 4.78. The molecule has 0 spiro atoms. The molecule has 0 aliphatic heterocycles. The first-order valence-electron chi connectivity index (χ1n) is 20.6. The Morgan fingerprint density at radius 3 is 0.950 bits per heavy atom. The molecule has 0 radical (unpaired) electrons. The third kappa shape index (κ3) is 5.97. The van der Waals surface area contributed by atoms with Gasteiger partial charge in [0.25, 0.3) is 0 Å². The topological polar surface area (TPSA) is 6.48 Å². The summed E-state index contributed by atoms with van der Waals surface area (Å²) >= 11 is 0. The molecule has 60 heavy (non-hydrogen) atoms. The first kappa shape index (κ1) is 35.2. The summed E-state index contributed by atoms with van der Waals surface area (Å²) in [6.45, 7) is 0. The van der Waals surface area contributed by atoms with Gasteiger partial charge < -0.3 is 9.80 Å². The number of nitrogens with zero attached hydrogens (tertiary/aromatic N) is 2. The van der Waals surface area contributed by atoms with E-state index >= 15 is 0 Å². The van der Waals surface area contributed by atoms with Crippen molar-refractivity contribution in [1.82, 2.24) is 0 Å². The second-order valence-electron chi connectivity index (χ2n) is 15.2. The fourth-order valence-corrected chi connectivity index (χ4v) is 9.24. The van der Waals surface area contributed by atoms with Crippen molar-refractivity contribution >= 4 is 77.2 Å². The molecule has 11 rings (SSSR count). The zero-order valence-corrected chi connectivity index (χ0v) is 33.0. The van der Waals surface area contributed by atoms with E-state index in [4.69, 9.17) is 0 Å². The van der Waals surface area contributed by atoms with Gasteiger partial charge in [0.1, 0.15) is 0 Å². The quantitative estimate of drug-likeness (QED) is 0.142. The van der Waals surface area contributed by atoms with Crippen molar-refractivity contribution in [3.8, 4) is 22.3 Å². The molecule has 0 saturated heterocycles. The van der Waals surface area contributed by atoms with Gasteiger partial charge in [-0.1, -0.05) is 188 Å². The molecule has 0 N–H and O–H groups in total. The van der Waals surface area contributed by atoms with Crippen molar-refractivity contribution < 1.29 is 0 Å². The third-order valence-electron chi connectivity index (χ3n) is 11.8.